The molecule has 82 heavy (non-hydrogen) atoms. The molecule has 2 aromatic rings. The molecule has 10 atom stereocenters. The smallest absolute Gasteiger partial charge is 0.245 e. The van der Waals surface area contributed by atoms with E-state index in [1.54, 1.807) is 52.0 Å². The average Bonchev–Trinajstić information content (AvgIpc) is 4.02. The SMILES string of the molecule is CC[C@H](C)[C@H](NC(=O)[C@H](CCCCN)NC(=O)[C@H](CCCN=C(N)N)NC(=O)[C@H](Cc1cnc[nH]1)NC(=O)[C@H](CCCN=C(N)N)NC(=O)[C@@H](N)Cc1ccccc1)C(=O)N[C@@H](CO)C(=O)N[C@H](C(=O)N[C@H](C=O)CCCCN)C(C)C. The summed E-state index contributed by atoms with van der Waals surface area (Å²) >= 11 is 0. The van der Waals surface area contributed by atoms with Gasteiger partial charge in [-0.3, -0.25) is 48.3 Å². The molecule has 1 aromatic carbocycles. The fraction of sp³-hybridized carbons (Fsp3) is 0.623. The van der Waals surface area contributed by atoms with Gasteiger partial charge in [0, 0.05) is 31.4 Å². The molecule has 0 unspecified atom stereocenters. The number of guanidine groups is 2. The highest BCUT2D eigenvalue weighted by Gasteiger charge is 2.36. The minimum Gasteiger partial charge on any atom is -0.394 e. The summed E-state index contributed by atoms with van der Waals surface area (Å²) in [4.78, 5) is 139. The molecule has 0 spiro atoms. The number of aromatic amines is 1. The number of unbranched alkanes of at least 4 members (excludes halogenated alkanes) is 2. The summed E-state index contributed by atoms with van der Waals surface area (Å²) in [5.74, 6) is -7.82. The van der Waals surface area contributed by atoms with Crippen LogP contribution >= 0.6 is 0 Å². The average molecular weight is 1150 g/mol. The van der Waals surface area contributed by atoms with Gasteiger partial charge in [0.05, 0.1) is 25.0 Å². The Labute approximate surface area is 479 Å². The van der Waals surface area contributed by atoms with Crippen molar-refractivity contribution >= 4 is 65.5 Å². The molecule has 24 N–H and O–H groups in total. The van der Waals surface area contributed by atoms with E-state index in [2.05, 4.69) is 62.5 Å². The Kier molecular flexibility index (Phi) is 33.3. The van der Waals surface area contributed by atoms with Gasteiger partial charge in [0.25, 0.3) is 0 Å². The summed E-state index contributed by atoms with van der Waals surface area (Å²) in [5, 5.41) is 31.6. The number of hydrogen-bond acceptors (Lipinski definition) is 16. The maximum absolute atomic E-state index is 14.5. The number of aromatic nitrogens is 2. The first-order valence-electron chi connectivity index (χ1n) is 27.9. The highest BCUT2D eigenvalue weighted by Crippen LogP contribution is 2.13. The number of nitrogens with two attached hydrogens (primary N) is 7. The fourth-order valence-corrected chi connectivity index (χ4v) is 8.34. The fourth-order valence-electron chi connectivity index (χ4n) is 8.34. The van der Waals surface area contributed by atoms with Crippen LogP contribution in [-0.2, 0) is 56.0 Å². The van der Waals surface area contributed by atoms with Crippen LogP contribution in [0.15, 0.2) is 52.8 Å². The number of imidazole rings is 1. The molecule has 0 saturated carbocycles. The van der Waals surface area contributed by atoms with Crippen molar-refractivity contribution in [1.82, 2.24) is 52.5 Å². The first kappa shape index (κ1) is 70.3. The first-order valence-corrected chi connectivity index (χ1v) is 27.9. The van der Waals surface area contributed by atoms with E-state index in [4.69, 9.17) is 40.1 Å². The lowest BCUT2D eigenvalue weighted by Crippen LogP contribution is -2.62. The number of nitrogens with zero attached hydrogens (tertiary/aromatic N) is 3. The van der Waals surface area contributed by atoms with E-state index in [1.807, 2.05) is 6.07 Å². The normalized spacial score (nSPS) is 14.7. The largest absolute Gasteiger partial charge is 0.394 e. The van der Waals surface area contributed by atoms with Gasteiger partial charge in [-0.25, -0.2) is 4.98 Å². The van der Waals surface area contributed by atoms with Crippen molar-refractivity contribution in [3.8, 4) is 0 Å². The van der Waals surface area contributed by atoms with E-state index in [9.17, 15) is 48.3 Å². The van der Waals surface area contributed by atoms with Gasteiger partial charge in [0.2, 0.25) is 47.3 Å². The monoisotopic (exact) mass is 1150 g/mol. The van der Waals surface area contributed by atoms with E-state index in [0.29, 0.717) is 57.0 Å². The number of aliphatic hydroxyl groups is 1. The van der Waals surface area contributed by atoms with Crippen LogP contribution in [0.4, 0.5) is 0 Å². The Bertz CT molecular complexity index is 2350. The van der Waals surface area contributed by atoms with Crippen molar-refractivity contribution in [3.05, 3.63) is 54.1 Å². The lowest BCUT2D eigenvalue weighted by Gasteiger charge is -2.30. The molecule has 0 bridgehead atoms. The minimum absolute atomic E-state index is 0.0143. The second-order valence-corrected chi connectivity index (χ2v) is 20.4. The number of aldehydes is 1. The van der Waals surface area contributed by atoms with Crippen LogP contribution in [0, 0.1) is 11.8 Å². The van der Waals surface area contributed by atoms with Gasteiger partial charge in [0.1, 0.15) is 48.6 Å². The maximum Gasteiger partial charge on any atom is 0.245 e. The molecule has 0 fully saturated rings. The van der Waals surface area contributed by atoms with Crippen LogP contribution in [-0.4, -0.2) is 168 Å². The third-order valence-electron chi connectivity index (χ3n) is 13.3. The van der Waals surface area contributed by atoms with Gasteiger partial charge in [-0.2, -0.15) is 0 Å². The van der Waals surface area contributed by atoms with Crippen LogP contribution in [0.2, 0.25) is 0 Å². The van der Waals surface area contributed by atoms with Crippen LogP contribution < -0.4 is 82.7 Å². The molecule has 0 saturated heterocycles. The molecule has 0 aliphatic carbocycles. The van der Waals surface area contributed by atoms with Crippen LogP contribution in [0.5, 0.6) is 0 Å². The lowest BCUT2D eigenvalue weighted by atomic mass is 9.96. The standard InChI is InChI=1S/C53H91N19O10/c1-5-32(4)43(51(82)70-41(29-74)49(80)71-42(31(2)3)50(81)65-34(28-73)17-9-11-21-54)72-47(78)37(18-10-12-22-55)67-45(76)39(20-14-24-63-53(59)60)68-48(79)40(26-35-27-61-30-64-35)69-46(77)38(19-13-23-62-52(57)58)66-44(75)36(56)25-33-15-7-6-8-16-33/h6-8,15-16,27-28,30-32,34,36-43,74H,5,9-14,17-26,29,54-56H2,1-4H3,(H,61,64)(H,65,81)(H,66,75)(H,67,76)(H,68,79)(H,69,77)(H,70,82)(H,71,80)(H,72,78)(H4,57,58,62)(H4,59,60,63)/t32-,34-,36-,37-,38-,39-,40-,41-,42-,43-/m0/s1. The van der Waals surface area contributed by atoms with Crippen LogP contribution in [0.3, 0.4) is 0 Å². The molecule has 0 aliphatic rings. The lowest BCUT2D eigenvalue weighted by molar-refractivity contribution is -0.137. The molecule has 29 nitrogen and oxygen atoms in total. The van der Waals surface area contributed by atoms with Gasteiger partial charge in [-0.15, -0.1) is 0 Å². The van der Waals surface area contributed by atoms with Gasteiger partial charge in [-0.05, 0) is 101 Å². The quantitative estimate of drug-likeness (QED) is 0.0130. The number of amides is 8. The zero-order chi connectivity index (χ0) is 61.1. The van der Waals surface area contributed by atoms with Crippen molar-refractivity contribution in [2.75, 3.05) is 32.8 Å². The predicted octanol–water partition coefficient (Wildman–Crippen LogP) is -4.34. The number of benzene rings is 1. The molecule has 29 heteroatoms. The Balaban J connectivity index is 2.46. The second-order valence-electron chi connectivity index (χ2n) is 20.4. The third-order valence-corrected chi connectivity index (χ3v) is 13.3. The molecule has 1 aromatic heterocycles. The second kappa shape index (κ2) is 38.8. The van der Waals surface area contributed by atoms with Crippen molar-refractivity contribution in [2.24, 2.45) is 62.0 Å². The third kappa shape index (κ3) is 26.7. The number of carbonyl (C=O) groups excluding carboxylic acids is 9. The number of H-pyrrole nitrogens is 1. The zero-order valence-corrected chi connectivity index (χ0v) is 47.7. The maximum atomic E-state index is 14.5. The van der Waals surface area contributed by atoms with E-state index in [1.165, 1.54) is 12.5 Å². The van der Waals surface area contributed by atoms with E-state index >= 15 is 0 Å². The highest BCUT2D eigenvalue weighted by atomic mass is 16.3. The molecule has 1 heterocycles. The van der Waals surface area contributed by atoms with Crippen molar-refractivity contribution in [2.45, 2.75) is 166 Å². The Morgan fingerprint density at radius 3 is 1.54 bits per heavy atom. The zero-order valence-electron chi connectivity index (χ0n) is 47.7. The predicted molar refractivity (Wildman–Crippen MR) is 309 cm³/mol. The van der Waals surface area contributed by atoms with E-state index in [-0.39, 0.29) is 76.5 Å². The summed E-state index contributed by atoms with van der Waals surface area (Å²) in [6, 6.07) is -2.33. The molecule has 0 aliphatic heterocycles. The molecule has 458 valence electrons. The Hall–Kier alpha value is -7.76. The summed E-state index contributed by atoms with van der Waals surface area (Å²) in [7, 11) is 0. The summed E-state index contributed by atoms with van der Waals surface area (Å²) < 4.78 is 0. The molecular formula is C53H91N19O10. The number of rotatable bonds is 41. The molecule has 0 radical (unpaired) electrons. The van der Waals surface area contributed by atoms with Crippen molar-refractivity contribution in [1.29, 1.82) is 0 Å². The number of carbonyl (C=O) groups is 9. The molecule has 8 amide bonds. The van der Waals surface area contributed by atoms with Gasteiger partial charge in [-0.1, -0.05) is 64.4 Å². The number of nitrogens with one attached hydrogen (secondary N) is 9. The van der Waals surface area contributed by atoms with E-state index < -0.39 is 120 Å². The van der Waals surface area contributed by atoms with Gasteiger partial charge in [0.15, 0.2) is 11.9 Å². The number of aliphatic imine (C=N–C) groups is 2. The van der Waals surface area contributed by atoms with Gasteiger partial charge < -0.3 is 97.6 Å². The Morgan fingerprint density at radius 1 is 0.585 bits per heavy atom. The van der Waals surface area contributed by atoms with Crippen molar-refractivity contribution < 1.29 is 48.3 Å². The molecule has 2 rings (SSSR count). The number of hydrogen-bond donors (Lipinski definition) is 17. The number of aliphatic hydroxyl groups excluding tert-OH is 1. The highest BCUT2D eigenvalue weighted by molar-refractivity contribution is 5.98. The summed E-state index contributed by atoms with van der Waals surface area (Å²) in [5.41, 5.74) is 41.0. The summed E-state index contributed by atoms with van der Waals surface area (Å²) in [6.45, 7) is 6.64. The van der Waals surface area contributed by atoms with Crippen LogP contribution in [0.1, 0.15) is 110 Å². The van der Waals surface area contributed by atoms with Crippen molar-refractivity contribution in [3.63, 3.8) is 0 Å². The first-order chi connectivity index (χ1) is 39.1. The van der Waals surface area contributed by atoms with E-state index in [0.717, 1.165) is 5.56 Å². The van der Waals surface area contributed by atoms with Crippen LogP contribution in [0.25, 0.3) is 0 Å². The molecular weight excluding hydrogens is 1060 g/mol. The topological polar surface area (TPSA) is 506 Å². The Morgan fingerprint density at radius 2 is 1.05 bits per heavy atom. The minimum atomic E-state index is -1.59. The van der Waals surface area contributed by atoms with Gasteiger partial charge >= 0.3 is 0 Å². The summed E-state index contributed by atoms with van der Waals surface area (Å²) in [6.07, 6.45) is 6.33.